The molecule has 2 heterocycles. The molecule has 8 heteroatoms. The Bertz CT molecular complexity index is 1010. The van der Waals surface area contributed by atoms with E-state index in [-0.39, 0.29) is 12.5 Å². The van der Waals surface area contributed by atoms with E-state index < -0.39 is 5.91 Å². The van der Waals surface area contributed by atoms with E-state index in [1.807, 2.05) is 11.0 Å². The Hall–Kier alpha value is -3.55. The molecule has 8 nitrogen and oxygen atoms in total. The van der Waals surface area contributed by atoms with E-state index in [4.69, 9.17) is 5.73 Å². The lowest BCUT2D eigenvalue weighted by Crippen LogP contribution is -2.40. The van der Waals surface area contributed by atoms with Gasteiger partial charge in [-0.15, -0.1) is 10.2 Å². The number of piperidine rings is 1. The minimum absolute atomic E-state index is 0.00110. The minimum Gasteiger partial charge on any atom is -0.366 e. The molecule has 0 atom stereocenters. The minimum atomic E-state index is -0.490. The molecule has 1 saturated heterocycles. The molecular formula is C22H24N6O2. The fourth-order valence-electron chi connectivity index (χ4n) is 3.76. The lowest BCUT2D eigenvalue weighted by Gasteiger charge is -2.32. The van der Waals surface area contributed by atoms with Crippen LogP contribution in [0.25, 0.3) is 11.4 Å². The van der Waals surface area contributed by atoms with Crippen molar-refractivity contribution in [3.8, 4) is 11.4 Å². The molecule has 0 spiro atoms. The van der Waals surface area contributed by atoms with Crippen LogP contribution in [0.2, 0.25) is 0 Å². The highest BCUT2D eigenvalue weighted by atomic mass is 16.2. The smallest absolute Gasteiger partial charge is 0.248 e. The number of nitrogens with zero attached hydrogens (tertiary/aromatic N) is 5. The number of nitrogens with two attached hydrogens (primary N) is 1. The van der Waals surface area contributed by atoms with Crippen molar-refractivity contribution in [3.05, 3.63) is 65.7 Å². The number of benzene rings is 2. The molecule has 154 valence electrons. The summed E-state index contributed by atoms with van der Waals surface area (Å²) >= 11 is 0. The monoisotopic (exact) mass is 404 g/mol. The van der Waals surface area contributed by atoms with Crippen LogP contribution in [-0.4, -0.2) is 50.0 Å². The van der Waals surface area contributed by atoms with Crippen molar-refractivity contribution in [2.75, 3.05) is 13.1 Å². The fourth-order valence-corrected chi connectivity index (χ4v) is 3.76. The topological polar surface area (TPSA) is 107 Å². The Morgan fingerprint density at radius 2 is 1.70 bits per heavy atom. The summed E-state index contributed by atoms with van der Waals surface area (Å²) in [5.41, 5.74) is 7.73. The fraction of sp³-hybridized carbons (Fsp3) is 0.318. The van der Waals surface area contributed by atoms with Gasteiger partial charge in [-0.1, -0.05) is 42.5 Å². The average Bonchev–Trinajstić information content (AvgIpc) is 3.23. The largest absolute Gasteiger partial charge is 0.366 e. The zero-order valence-corrected chi connectivity index (χ0v) is 16.6. The standard InChI is InChI=1S/C22H24N6O2/c23-21(30)18-6-8-19(9-7-18)22-24-26-28(25-22)15-20(29)27-12-10-17(11-13-27)14-16-4-2-1-3-5-16/h1-9,17H,10-15H2,(H2,23,30). The van der Waals surface area contributed by atoms with Crippen LogP contribution in [-0.2, 0) is 17.8 Å². The summed E-state index contributed by atoms with van der Waals surface area (Å²) in [6, 6.07) is 17.1. The molecule has 0 bridgehead atoms. The van der Waals surface area contributed by atoms with Crippen molar-refractivity contribution >= 4 is 11.8 Å². The van der Waals surface area contributed by atoms with Crippen LogP contribution >= 0.6 is 0 Å². The van der Waals surface area contributed by atoms with Gasteiger partial charge in [-0.3, -0.25) is 9.59 Å². The second-order valence-electron chi connectivity index (χ2n) is 7.60. The first kappa shape index (κ1) is 19.8. The van der Waals surface area contributed by atoms with E-state index >= 15 is 0 Å². The number of carbonyl (C=O) groups is 2. The van der Waals surface area contributed by atoms with Gasteiger partial charge in [0.2, 0.25) is 17.6 Å². The number of rotatable bonds is 6. The van der Waals surface area contributed by atoms with Crippen LogP contribution in [0.3, 0.4) is 0 Å². The van der Waals surface area contributed by atoms with Crippen molar-refractivity contribution in [3.63, 3.8) is 0 Å². The van der Waals surface area contributed by atoms with Gasteiger partial charge in [0.25, 0.3) is 0 Å². The zero-order chi connectivity index (χ0) is 20.9. The first-order valence-electron chi connectivity index (χ1n) is 10.1. The molecule has 1 aromatic heterocycles. The van der Waals surface area contributed by atoms with Crippen molar-refractivity contribution in [1.82, 2.24) is 25.1 Å². The number of tetrazole rings is 1. The van der Waals surface area contributed by atoms with E-state index in [1.54, 1.807) is 24.3 Å². The quantitative estimate of drug-likeness (QED) is 0.675. The average molecular weight is 404 g/mol. The van der Waals surface area contributed by atoms with Gasteiger partial charge >= 0.3 is 0 Å². The number of amides is 2. The van der Waals surface area contributed by atoms with E-state index in [0.717, 1.165) is 32.4 Å². The van der Waals surface area contributed by atoms with Crippen LogP contribution < -0.4 is 5.73 Å². The van der Waals surface area contributed by atoms with Gasteiger partial charge in [0.05, 0.1) is 0 Å². The van der Waals surface area contributed by atoms with Crippen LogP contribution in [0.4, 0.5) is 0 Å². The molecule has 0 aliphatic carbocycles. The molecule has 1 aliphatic heterocycles. The van der Waals surface area contributed by atoms with Gasteiger partial charge in [0, 0.05) is 24.2 Å². The Kier molecular flexibility index (Phi) is 5.83. The van der Waals surface area contributed by atoms with E-state index in [9.17, 15) is 9.59 Å². The normalized spacial score (nSPS) is 14.6. The van der Waals surface area contributed by atoms with Crippen molar-refractivity contribution in [2.45, 2.75) is 25.8 Å². The molecular weight excluding hydrogens is 380 g/mol. The maximum atomic E-state index is 12.6. The Morgan fingerprint density at radius 3 is 2.37 bits per heavy atom. The number of likely N-dealkylation sites (tertiary alicyclic amines) is 1. The van der Waals surface area contributed by atoms with Gasteiger partial charge in [-0.25, -0.2) is 0 Å². The van der Waals surface area contributed by atoms with Crippen molar-refractivity contribution in [2.24, 2.45) is 11.7 Å². The van der Waals surface area contributed by atoms with Crippen molar-refractivity contribution < 1.29 is 9.59 Å². The molecule has 2 aromatic carbocycles. The summed E-state index contributed by atoms with van der Waals surface area (Å²) in [6.45, 7) is 1.58. The van der Waals surface area contributed by atoms with Gasteiger partial charge < -0.3 is 10.6 Å². The van der Waals surface area contributed by atoms with E-state index in [0.29, 0.717) is 22.9 Å². The number of hydrogen-bond donors (Lipinski definition) is 1. The number of primary amides is 1. The molecule has 2 amide bonds. The van der Waals surface area contributed by atoms with Gasteiger partial charge in [-0.05, 0) is 48.1 Å². The highest BCUT2D eigenvalue weighted by Crippen LogP contribution is 2.22. The predicted molar refractivity (Wildman–Crippen MR) is 111 cm³/mol. The Balaban J connectivity index is 1.30. The second-order valence-corrected chi connectivity index (χ2v) is 7.60. The number of carbonyl (C=O) groups excluding carboxylic acids is 2. The van der Waals surface area contributed by atoms with Gasteiger partial charge in [-0.2, -0.15) is 4.80 Å². The third kappa shape index (κ3) is 4.71. The highest BCUT2D eigenvalue weighted by Gasteiger charge is 2.23. The maximum Gasteiger partial charge on any atom is 0.248 e. The molecule has 0 saturated carbocycles. The van der Waals surface area contributed by atoms with Crippen LogP contribution in [0.1, 0.15) is 28.8 Å². The zero-order valence-electron chi connectivity index (χ0n) is 16.6. The summed E-state index contributed by atoms with van der Waals surface area (Å²) in [4.78, 5) is 27.0. The molecule has 1 fully saturated rings. The summed E-state index contributed by atoms with van der Waals surface area (Å²) in [5.74, 6) is 0.522. The third-order valence-electron chi connectivity index (χ3n) is 5.49. The summed E-state index contributed by atoms with van der Waals surface area (Å²) in [5, 5.41) is 12.3. The molecule has 3 aromatic rings. The molecule has 0 unspecified atom stereocenters. The first-order chi connectivity index (χ1) is 14.6. The van der Waals surface area contributed by atoms with Crippen molar-refractivity contribution in [1.29, 1.82) is 0 Å². The van der Waals surface area contributed by atoms with E-state index in [2.05, 4.69) is 39.7 Å². The first-order valence-corrected chi connectivity index (χ1v) is 10.1. The highest BCUT2D eigenvalue weighted by molar-refractivity contribution is 5.93. The number of aromatic nitrogens is 4. The molecule has 30 heavy (non-hydrogen) atoms. The SMILES string of the molecule is NC(=O)c1ccc(-c2nnn(CC(=O)N3CCC(Cc4ccccc4)CC3)n2)cc1. The third-order valence-corrected chi connectivity index (χ3v) is 5.49. The van der Waals surface area contributed by atoms with Crippen LogP contribution in [0.15, 0.2) is 54.6 Å². The lowest BCUT2D eigenvalue weighted by atomic mass is 9.90. The summed E-state index contributed by atoms with van der Waals surface area (Å²) < 4.78 is 0. The molecule has 2 N–H and O–H groups in total. The number of hydrogen-bond acceptors (Lipinski definition) is 5. The summed E-state index contributed by atoms with van der Waals surface area (Å²) in [7, 11) is 0. The predicted octanol–water partition coefficient (Wildman–Crippen LogP) is 1.92. The Labute approximate surface area is 174 Å². The lowest BCUT2D eigenvalue weighted by molar-refractivity contribution is -0.133. The molecule has 0 radical (unpaired) electrons. The molecule has 4 rings (SSSR count). The second kappa shape index (κ2) is 8.86. The summed E-state index contributed by atoms with van der Waals surface area (Å²) in [6.07, 6.45) is 3.07. The maximum absolute atomic E-state index is 12.6. The Morgan fingerprint density at radius 1 is 1.00 bits per heavy atom. The van der Waals surface area contributed by atoms with Gasteiger partial charge in [0.15, 0.2) is 0 Å². The van der Waals surface area contributed by atoms with E-state index in [1.165, 1.54) is 10.4 Å². The van der Waals surface area contributed by atoms with Gasteiger partial charge in [0.1, 0.15) is 6.54 Å². The molecule has 1 aliphatic rings. The van der Waals surface area contributed by atoms with Crippen LogP contribution in [0, 0.1) is 5.92 Å². The van der Waals surface area contributed by atoms with Crippen LogP contribution in [0.5, 0.6) is 0 Å².